The molecule has 0 saturated heterocycles. The monoisotopic (exact) mass is 184 g/mol. The van der Waals surface area contributed by atoms with E-state index in [0.717, 1.165) is 13.1 Å². The Morgan fingerprint density at radius 2 is 2.00 bits per heavy atom. The molecule has 0 spiro atoms. The quantitative estimate of drug-likeness (QED) is 0.634. The van der Waals surface area contributed by atoms with Crippen molar-refractivity contribution in [1.29, 1.82) is 0 Å². The van der Waals surface area contributed by atoms with Crippen LogP contribution in [-0.2, 0) is 0 Å². The van der Waals surface area contributed by atoms with Crippen LogP contribution in [0.15, 0.2) is 11.6 Å². The van der Waals surface area contributed by atoms with E-state index in [-0.39, 0.29) is 0 Å². The molecule has 0 radical (unpaired) electrons. The van der Waals surface area contributed by atoms with Crippen LogP contribution in [0.4, 0.5) is 0 Å². The largest absolute Gasteiger partial charge is 0.311 e. The van der Waals surface area contributed by atoms with E-state index in [9.17, 15) is 0 Å². The van der Waals surface area contributed by atoms with E-state index in [1.807, 2.05) is 0 Å². The highest BCUT2D eigenvalue weighted by Crippen LogP contribution is 1.92. The van der Waals surface area contributed by atoms with Crippen LogP contribution in [0.5, 0.6) is 0 Å². The fourth-order valence-corrected chi connectivity index (χ4v) is 1.02. The second-order valence-corrected chi connectivity index (χ2v) is 4.18. The van der Waals surface area contributed by atoms with Crippen molar-refractivity contribution in [1.82, 2.24) is 10.2 Å². The first-order valence-electron chi connectivity index (χ1n) is 5.04. The predicted octanol–water partition coefficient (Wildman–Crippen LogP) is 1.88. The summed E-state index contributed by atoms with van der Waals surface area (Å²) in [7, 11) is 4.23. The Morgan fingerprint density at radius 3 is 2.46 bits per heavy atom. The van der Waals surface area contributed by atoms with E-state index in [4.69, 9.17) is 0 Å². The highest BCUT2D eigenvalue weighted by molar-refractivity contribution is 4.94. The molecule has 0 amide bonds. The molecule has 1 atom stereocenters. The molecule has 13 heavy (non-hydrogen) atoms. The Kier molecular flexibility index (Phi) is 6.92. The number of rotatable bonds is 6. The summed E-state index contributed by atoms with van der Waals surface area (Å²) in [6, 6.07) is 0.609. The van der Waals surface area contributed by atoms with E-state index < -0.39 is 0 Å². The van der Waals surface area contributed by atoms with E-state index in [0.29, 0.717) is 6.04 Å². The summed E-state index contributed by atoms with van der Waals surface area (Å²) >= 11 is 0. The minimum atomic E-state index is 0.609. The summed E-state index contributed by atoms with van der Waals surface area (Å²) in [5.41, 5.74) is 1.38. The normalized spacial score (nSPS) is 13.1. The van der Waals surface area contributed by atoms with Gasteiger partial charge in [-0.15, -0.1) is 0 Å². The van der Waals surface area contributed by atoms with Crippen molar-refractivity contribution in [3.8, 4) is 0 Å². The molecule has 2 nitrogen and oxygen atoms in total. The van der Waals surface area contributed by atoms with E-state index in [1.165, 1.54) is 12.0 Å². The first kappa shape index (κ1) is 12.7. The van der Waals surface area contributed by atoms with Gasteiger partial charge in [0.15, 0.2) is 0 Å². The summed E-state index contributed by atoms with van der Waals surface area (Å²) in [5, 5.41) is 3.47. The van der Waals surface area contributed by atoms with Gasteiger partial charge in [0.2, 0.25) is 0 Å². The Balaban J connectivity index is 3.40. The average molecular weight is 184 g/mol. The fourth-order valence-electron chi connectivity index (χ4n) is 1.02. The maximum atomic E-state index is 3.47. The highest BCUT2D eigenvalue weighted by Gasteiger charge is 1.99. The standard InChI is InChI=1S/C11H24N2/c1-10(2)6-8-12-11(3)7-9-13(4)5/h6,11-12H,7-9H2,1-5H3. The molecule has 0 aromatic rings. The van der Waals surface area contributed by atoms with Gasteiger partial charge in [-0.2, -0.15) is 0 Å². The molecular weight excluding hydrogens is 160 g/mol. The molecule has 78 valence electrons. The molecule has 0 rings (SSSR count). The van der Waals surface area contributed by atoms with E-state index in [1.54, 1.807) is 0 Å². The SMILES string of the molecule is CC(C)=CCNC(C)CCN(C)C. The Labute approximate surface area is 83.0 Å². The van der Waals surface area contributed by atoms with E-state index in [2.05, 4.69) is 51.2 Å². The van der Waals surface area contributed by atoms with Crippen molar-refractivity contribution in [2.45, 2.75) is 33.2 Å². The van der Waals surface area contributed by atoms with Crippen LogP contribution < -0.4 is 5.32 Å². The van der Waals surface area contributed by atoms with Crippen LogP contribution in [0.2, 0.25) is 0 Å². The van der Waals surface area contributed by atoms with Crippen LogP contribution in [0.25, 0.3) is 0 Å². The summed E-state index contributed by atoms with van der Waals surface area (Å²) in [6.07, 6.45) is 3.44. The summed E-state index contributed by atoms with van der Waals surface area (Å²) in [4.78, 5) is 2.22. The Hall–Kier alpha value is -0.340. The van der Waals surface area contributed by atoms with Crippen LogP contribution in [0.3, 0.4) is 0 Å². The van der Waals surface area contributed by atoms with Crippen molar-refractivity contribution < 1.29 is 0 Å². The molecule has 0 heterocycles. The second-order valence-electron chi connectivity index (χ2n) is 4.18. The number of nitrogens with zero attached hydrogens (tertiary/aromatic N) is 1. The Morgan fingerprint density at radius 1 is 1.38 bits per heavy atom. The van der Waals surface area contributed by atoms with Gasteiger partial charge in [-0.3, -0.25) is 0 Å². The molecular formula is C11H24N2. The molecule has 0 fully saturated rings. The van der Waals surface area contributed by atoms with Gasteiger partial charge in [0.1, 0.15) is 0 Å². The van der Waals surface area contributed by atoms with Crippen LogP contribution in [0, 0.1) is 0 Å². The molecule has 0 bridgehead atoms. The van der Waals surface area contributed by atoms with Gasteiger partial charge in [0.05, 0.1) is 0 Å². The first-order chi connectivity index (χ1) is 6.02. The number of allylic oxidation sites excluding steroid dienone is 1. The summed E-state index contributed by atoms with van der Waals surface area (Å²) in [6.45, 7) is 8.65. The van der Waals surface area contributed by atoms with Crippen molar-refractivity contribution in [3.63, 3.8) is 0 Å². The molecule has 2 heteroatoms. The van der Waals surface area contributed by atoms with E-state index >= 15 is 0 Å². The van der Waals surface area contributed by atoms with Gasteiger partial charge >= 0.3 is 0 Å². The molecule has 1 N–H and O–H groups in total. The number of hydrogen-bond acceptors (Lipinski definition) is 2. The molecule has 0 aliphatic heterocycles. The van der Waals surface area contributed by atoms with Crippen molar-refractivity contribution in [2.75, 3.05) is 27.2 Å². The lowest BCUT2D eigenvalue weighted by Crippen LogP contribution is -2.29. The smallest absolute Gasteiger partial charge is 0.0139 e. The predicted molar refractivity (Wildman–Crippen MR) is 60.1 cm³/mol. The maximum Gasteiger partial charge on any atom is 0.0139 e. The molecule has 0 aliphatic carbocycles. The van der Waals surface area contributed by atoms with Crippen molar-refractivity contribution in [3.05, 3.63) is 11.6 Å². The second kappa shape index (κ2) is 7.10. The van der Waals surface area contributed by atoms with Gasteiger partial charge in [-0.1, -0.05) is 11.6 Å². The first-order valence-corrected chi connectivity index (χ1v) is 5.04. The van der Waals surface area contributed by atoms with Gasteiger partial charge in [0, 0.05) is 12.6 Å². The van der Waals surface area contributed by atoms with Crippen molar-refractivity contribution >= 4 is 0 Å². The van der Waals surface area contributed by atoms with Gasteiger partial charge in [-0.05, 0) is 47.8 Å². The fraction of sp³-hybridized carbons (Fsp3) is 0.818. The Bertz CT molecular complexity index is 146. The zero-order chi connectivity index (χ0) is 10.3. The zero-order valence-electron chi connectivity index (χ0n) is 9.72. The lowest BCUT2D eigenvalue weighted by molar-refractivity contribution is 0.370. The molecule has 0 saturated carbocycles. The number of hydrogen-bond donors (Lipinski definition) is 1. The van der Waals surface area contributed by atoms with Crippen molar-refractivity contribution in [2.24, 2.45) is 0 Å². The van der Waals surface area contributed by atoms with Gasteiger partial charge in [0.25, 0.3) is 0 Å². The summed E-state index contributed by atoms with van der Waals surface area (Å²) < 4.78 is 0. The lowest BCUT2D eigenvalue weighted by atomic mass is 10.2. The van der Waals surface area contributed by atoms with Crippen LogP contribution >= 0.6 is 0 Å². The topological polar surface area (TPSA) is 15.3 Å². The molecule has 0 aromatic heterocycles. The molecule has 0 aromatic carbocycles. The number of nitrogens with one attached hydrogen (secondary N) is 1. The van der Waals surface area contributed by atoms with Crippen LogP contribution in [-0.4, -0.2) is 38.1 Å². The minimum absolute atomic E-state index is 0.609. The third-order valence-corrected chi connectivity index (χ3v) is 1.99. The molecule has 0 aliphatic rings. The third kappa shape index (κ3) is 9.57. The lowest BCUT2D eigenvalue weighted by Gasteiger charge is -2.15. The molecule has 1 unspecified atom stereocenters. The summed E-state index contributed by atoms with van der Waals surface area (Å²) in [5.74, 6) is 0. The van der Waals surface area contributed by atoms with Gasteiger partial charge < -0.3 is 10.2 Å². The third-order valence-electron chi connectivity index (χ3n) is 1.99. The average Bonchev–Trinajstić information content (AvgIpc) is 2.00. The van der Waals surface area contributed by atoms with Gasteiger partial charge in [-0.25, -0.2) is 0 Å². The maximum absolute atomic E-state index is 3.47. The zero-order valence-corrected chi connectivity index (χ0v) is 9.72. The highest BCUT2D eigenvalue weighted by atomic mass is 15.1. The minimum Gasteiger partial charge on any atom is -0.311 e. The van der Waals surface area contributed by atoms with Crippen LogP contribution in [0.1, 0.15) is 27.2 Å².